The summed E-state index contributed by atoms with van der Waals surface area (Å²) in [7, 11) is 2.13. The van der Waals surface area contributed by atoms with Crippen molar-refractivity contribution in [3.63, 3.8) is 0 Å². The van der Waals surface area contributed by atoms with Crippen LogP contribution in [0.25, 0.3) is 22.6 Å². The van der Waals surface area contributed by atoms with Gasteiger partial charge in [-0.1, -0.05) is 30.3 Å². The molecule has 8 nitrogen and oxygen atoms in total. The molecule has 5 rings (SSSR count). The van der Waals surface area contributed by atoms with Crippen LogP contribution < -0.4 is 10.5 Å². The van der Waals surface area contributed by atoms with E-state index in [9.17, 15) is 10.1 Å². The first kappa shape index (κ1) is 22.4. The van der Waals surface area contributed by atoms with Gasteiger partial charge in [0, 0.05) is 43.4 Å². The molecule has 2 aromatic carbocycles. The van der Waals surface area contributed by atoms with E-state index in [1.807, 2.05) is 48.8 Å². The van der Waals surface area contributed by atoms with Crippen molar-refractivity contribution in [2.75, 3.05) is 38.1 Å². The Balaban J connectivity index is 1.36. The normalized spacial score (nSPS) is 14.0. The topological polar surface area (TPSA) is 90.9 Å². The summed E-state index contributed by atoms with van der Waals surface area (Å²) in [5.41, 5.74) is 4.63. The average Bonchev–Trinajstić information content (AvgIpc) is 2.91. The first-order chi connectivity index (χ1) is 17.1. The highest BCUT2D eigenvalue weighted by Gasteiger charge is 2.15. The van der Waals surface area contributed by atoms with Gasteiger partial charge in [0.05, 0.1) is 42.0 Å². The van der Waals surface area contributed by atoms with Crippen molar-refractivity contribution >= 4 is 5.69 Å². The Morgan fingerprint density at radius 2 is 1.66 bits per heavy atom. The van der Waals surface area contributed by atoms with Crippen LogP contribution in [0, 0.1) is 11.3 Å². The monoisotopic (exact) mass is 463 g/mol. The standard InChI is InChI=1S/C27H25N7O/c1-32-10-12-33(13-11-32)24-17-29-27(30-18-24)23-7-3-5-21(15-23)19-34-26(35)9-8-25(31-34)22-6-2-4-20(14-22)16-28/h2-9,14-15,17-18H,10-13,19H2,1H3. The molecule has 2 aromatic heterocycles. The fourth-order valence-electron chi connectivity index (χ4n) is 4.14. The molecule has 0 aliphatic carbocycles. The number of hydrogen-bond acceptors (Lipinski definition) is 7. The maximum atomic E-state index is 12.5. The first-order valence-electron chi connectivity index (χ1n) is 11.5. The summed E-state index contributed by atoms with van der Waals surface area (Å²) in [6.45, 7) is 4.31. The summed E-state index contributed by atoms with van der Waals surface area (Å²) < 4.78 is 1.44. The van der Waals surface area contributed by atoms with Crippen LogP contribution in [0.4, 0.5) is 5.69 Å². The van der Waals surface area contributed by atoms with Crippen molar-refractivity contribution in [2.24, 2.45) is 0 Å². The van der Waals surface area contributed by atoms with Crippen LogP contribution in [0.1, 0.15) is 11.1 Å². The molecule has 8 heteroatoms. The number of anilines is 1. The van der Waals surface area contributed by atoms with Gasteiger partial charge >= 0.3 is 0 Å². The van der Waals surface area contributed by atoms with Gasteiger partial charge in [0.25, 0.3) is 5.56 Å². The lowest BCUT2D eigenvalue weighted by molar-refractivity contribution is 0.312. The van der Waals surface area contributed by atoms with Crippen LogP contribution in [0.15, 0.2) is 77.9 Å². The summed E-state index contributed by atoms with van der Waals surface area (Å²) in [5, 5.41) is 13.7. The van der Waals surface area contributed by atoms with Crippen molar-refractivity contribution in [1.82, 2.24) is 24.6 Å². The summed E-state index contributed by atoms with van der Waals surface area (Å²) in [4.78, 5) is 26.3. The maximum absolute atomic E-state index is 12.5. The second kappa shape index (κ2) is 9.87. The molecule has 0 unspecified atom stereocenters. The molecule has 0 N–H and O–H groups in total. The molecule has 1 saturated heterocycles. The van der Waals surface area contributed by atoms with Crippen molar-refractivity contribution in [2.45, 2.75) is 6.54 Å². The minimum Gasteiger partial charge on any atom is -0.366 e. The molecule has 1 aliphatic heterocycles. The van der Waals surface area contributed by atoms with E-state index in [0.29, 0.717) is 23.6 Å². The van der Waals surface area contributed by atoms with Crippen LogP contribution in [0.2, 0.25) is 0 Å². The number of hydrogen-bond donors (Lipinski definition) is 0. The van der Waals surface area contributed by atoms with Crippen LogP contribution in [-0.4, -0.2) is 57.9 Å². The van der Waals surface area contributed by atoms with Gasteiger partial charge in [-0.3, -0.25) is 4.79 Å². The van der Waals surface area contributed by atoms with E-state index >= 15 is 0 Å². The quantitative estimate of drug-likeness (QED) is 0.449. The van der Waals surface area contributed by atoms with E-state index in [1.165, 1.54) is 10.7 Å². The van der Waals surface area contributed by atoms with Gasteiger partial charge in [0.15, 0.2) is 5.82 Å². The van der Waals surface area contributed by atoms with E-state index in [0.717, 1.165) is 48.6 Å². The van der Waals surface area contributed by atoms with Crippen LogP contribution in [0.3, 0.4) is 0 Å². The van der Waals surface area contributed by atoms with E-state index in [2.05, 4.69) is 38.0 Å². The molecule has 0 atom stereocenters. The zero-order valence-corrected chi connectivity index (χ0v) is 19.5. The fraction of sp³-hybridized carbons (Fsp3) is 0.222. The molecule has 1 fully saturated rings. The second-order valence-electron chi connectivity index (χ2n) is 8.66. The van der Waals surface area contributed by atoms with Crippen LogP contribution in [-0.2, 0) is 6.54 Å². The van der Waals surface area contributed by atoms with E-state index in [1.54, 1.807) is 18.2 Å². The minimum atomic E-state index is -0.191. The molecule has 1 aliphatic rings. The summed E-state index contributed by atoms with van der Waals surface area (Å²) in [6, 6.07) is 20.4. The Labute approximate surface area is 203 Å². The fourth-order valence-corrected chi connectivity index (χ4v) is 4.14. The number of benzene rings is 2. The first-order valence-corrected chi connectivity index (χ1v) is 11.5. The molecular formula is C27H25N7O. The highest BCUT2D eigenvalue weighted by molar-refractivity contribution is 5.61. The van der Waals surface area contributed by atoms with Crippen LogP contribution in [0.5, 0.6) is 0 Å². The van der Waals surface area contributed by atoms with Gasteiger partial charge in [0.2, 0.25) is 0 Å². The predicted octanol–water partition coefficient (Wildman–Crippen LogP) is 3.04. The number of likely N-dealkylation sites (N-methyl/N-ethyl adjacent to an activating group) is 1. The Morgan fingerprint density at radius 1 is 0.914 bits per heavy atom. The van der Waals surface area contributed by atoms with Gasteiger partial charge < -0.3 is 9.80 Å². The largest absolute Gasteiger partial charge is 0.366 e. The summed E-state index contributed by atoms with van der Waals surface area (Å²) >= 11 is 0. The zero-order valence-electron chi connectivity index (χ0n) is 19.5. The molecule has 0 spiro atoms. The predicted molar refractivity (Wildman–Crippen MR) is 135 cm³/mol. The lowest BCUT2D eigenvalue weighted by Crippen LogP contribution is -2.44. The minimum absolute atomic E-state index is 0.191. The molecule has 0 amide bonds. The lowest BCUT2D eigenvalue weighted by atomic mass is 10.1. The van der Waals surface area contributed by atoms with Crippen molar-refractivity contribution in [3.05, 3.63) is 94.5 Å². The van der Waals surface area contributed by atoms with Gasteiger partial charge in [0.1, 0.15) is 0 Å². The Kier molecular flexibility index (Phi) is 6.33. The number of aromatic nitrogens is 4. The molecule has 0 saturated carbocycles. The van der Waals surface area contributed by atoms with E-state index in [-0.39, 0.29) is 5.56 Å². The Morgan fingerprint density at radius 3 is 2.43 bits per heavy atom. The highest BCUT2D eigenvalue weighted by atomic mass is 16.1. The van der Waals surface area contributed by atoms with Gasteiger partial charge in [-0.25, -0.2) is 14.6 Å². The number of nitriles is 1. The Bertz CT molecular complexity index is 1430. The molecule has 174 valence electrons. The van der Waals surface area contributed by atoms with Crippen molar-refractivity contribution < 1.29 is 0 Å². The molecule has 4 aromatic rings. The Hall–Kier alpha value is -4.35. The number of nitrogens with zero attached hydrogens (tertiary/aromatic N) is 7. The summed E-state index contributed by atoms with van der Waals surface area (Å²) in [6.07, 6.45) is 3.76. The third-order valence-corrected chi connectivity index (χ3v) is 6.18. The van der Waals surface area contributed by atoms with Gasteiger partial charge in [-0.15, -0.1) is 0 Å². The molecule has 3 heterocycles. The molecular weight excluding hydrogens is 438 g/mol. The molecule has 0 bridgehead atoms. The number of piperazine rings is 1. The van der Waals surface area contributed by atoms with E-state index < -0.39 is 0 Å². The SMILES string of the molecule is CN1CCN(c2cnc(-c3cccc(Cn4nc(-c5cccc(C#N)c5)ccc4=O)c3)nc2)CC1. The third-order valence-electron chi connectivity index (χ3n) is 6.18. The number of rotatable bonds is 5. The van der Waals surface area contributed by atoms with Gasteiger partial charge in [-0.2, -0.15) is 10.4 Å². The average molecular weight is 464 g/mol. The van der Waals surface area contributed by atoms with E-state index in [4.69, 9.17) is 0 Å². The summed E-state index contributed by atoms with van der Waals surface area (Å²) in [5.74, 6) is 0.645. The lowest BCUT2D eigenvalue weighted by Gasteiger charge is -2.33. The molecule has 35 heavy (non-hydrogen) atoms. The zero-order chi connectivity index (χ0) is 24.2. The maximum Gasteiger partial charge on any atom is 0.267 e. The van der Waals surface area contributed by atoms with Crippen molar-refractivity contribution in [3.8, 4) is 28.7 Å². The molecule has 0 radical (unpaired) electrons. The second-order valence-corrected chi connectivity index (χ2v) is 8.66. The smallest absolute Gasteiger partial charge is 0.267 e. The third kappa shape index (κ3) is 5.10. The van der Waals surface area contributed by atoms with Crippen LogP contribution >= 0.6 is 0 Å². The van der Waals surface area contributed by atoms with Gasteiger partial charge in [-0.05, 0) is 36.9 Å². The highest BCUT2D eigenvalue weighted by Crippen LogP contribution is 2.21. The van der Waals surface area contributed by atoms with Crippen molar-refractivity contribution in [1.29, 1.82) is 5.26 Å².